The molecule has 0 amide bonds. The normalized spacial score (nSPS) is 11.1. The van der Waals surface area contributed by atoms with E-state index in [1.165, 1.54) is 0 Å². The number of likely N-dealkylation sites (N-methyl/N-ethyl adjacent to an activating group) is 1. The molecule has 0 aliphatic carbocycles. The molecule has 0 spiro atoms. The van der Waals surface area contributed by atoms with Crippen molar-refractivity contribution in [3.8, 4) is 17.5 Å². The number of hydrogen-bond donors (Lipinski definition) is 0. The minimum Gasteiger partial charge on any atom is -0.303 e. The van der Waals surface area contributed by atoms with E-state index in [0.29, 0.717) is 22.9 Å². The summed E-state index contributed by atoms with van der Waals surface area (Å²) in [5, 5.41) is 4.98. The maximum Gasteiger partial charge on any atom is 0.267 e. The Morgan fingerprint density at radius 2 is 1.68 bits per heavy atom. The summed E-state index contributed by atoms with van der Waals surface area (Å²) < 4.78 is 3.60. The van der Waals surface area contributed by atoms with Crippen molar-refractivity contribution in [2.24, 2.45) is 7.05 Å². The van der Waals surface area contributed by atoms with Crippen LogP contribution < -0.4 is 5.56 Å². The van der Waals surface area contributed by atoms with E-state index < -0.39 is 0 Å². The van der Waals surface area contributed by atoms with Gasteiger partial charge in [0.25, 0.3) is 5.56 Å². The Labute approximate surface area is 200 Å². The Bertz CT molecular complexity index is 1400. The highest BCUT2D eigenvalue weighted by atomic mass is 16.1. The molecule has 2 heterocycles. The molecule has 0 saturated heterocycles. The molecule has 0 aliphatic heterocycles. The van der Waals surface area contributed by atoms with Crippen molar-refractivity contribution >= 4 is 10.9 Å². The molecule has 2 aromatic heterocycles. The zero-order valence-corrected chi connectivity index (χ0v) is 20.4. The SMILES string of the molecule is CCc1nc2cccc(C#Cc3cnn(C)c3CCN(CC)CC)c2c(=O)n1-c1ccccc1. The van der Waals surface area contributed by atoms with Crippen molar-refractivity contribution < 1.29 is 0 Å². The molecule has 0 bridgehead atoms. The van der Waals surface area contributed by atoms with Crippen LogP contribution >= 0.6 is 0 Å². The predicted molar refractivity (Wildman–Crippen MR) is 137 cm³/mol. The number of para-hydroxylation sites is 1. The Morgan fingerprint density at radius 3 is 2.38 bits per heavy atom. The fraction of sp³-hybridized carbons (Fsp3) is 0.321. The van der Waals surface area contributed by atoms with Crippen LogP contribution in [0, 0.1) is 11.8 Å². The molecule has 0 saturated carbocycles. The van der Waals surface area contributed by atoms with Crippen LogP contribution in [-0.2, 0) is 19.9 Å². The molecule has 0 radical (unpaired) electrons. The quantitative estimate of drug-likeness (QED) is 0.398. The number of rotatable bonds is 7. The summed E-state index contributed by atoms with van der Waals surface area (Å²) in [6, 6.07) is 15.4. The monoisotopic (exact) mass is 453 g/mol. The van der Waals surface area contributed by atoms with Gasteiger partial charge >= 0.3 is 0 Å². The van der Waals surface area contributed by atoms with E-state index in [1.807, 2.05) is 73.4 Å². The molecule has 0 N–H and O–H groups in total. The van der Waals surface area contributed by atoms with Crippen LogP contribution in [0.5, 0.6) is 0 Å². The standard InChI is InChI=1S/C28H31N5O/c1-5-26-30-24-15-11-12-21(27(24)28(34)33(26)23-13-9-8-10-14-23)16-17-22-20-29-31(4)25(22)18-19-32(6-2)7-3/h8-15,20H,5-7,18-19H2,1-4H3. The first-order chi connectivity index (χ1) is 16.6. The predicted octanol–water partition coefficient (Wildman–Crippen LogP) is 3.97. The van der Waals surface area contributed by atoms with Gasteiger partial charge in [-0.1, -0.05) is 56.9 Å². The highest BCUT2D eigenvalue weighted by Crippen LogP contribution is 2.17. The first-order valence-corrected chi connectivity index (χ1v) is 11.9. The number of fused-ring (bicyclic) bond motifs is 1. The lowest BCUT2D eigenvalue weighted by Gasteiger charge is -2.17. The van der Waals surface area contributed by atoms with Crippen LogP contribution in [0.15, 0.2) is 59.5 Å². The summed E-state index contributed by atoms with van der Waals surface area (Å²) in [7, 11) is 1.95. The van der Waals surface area contributed by atoms with Crippen LogP contribution in [0.25, 0.3) is 16.6 Å². The van der Waals surface area contributed by atoms with Gasteiger partial charge in [-0.2, -0.15) is 5.10 Å². The minimum atomic E-state index is -0.0918. The van der Waals surface area contributed by atoms with Gasteiger partial charge < -0.3 is 4.90 Å². The van der Waals surface area contributed by atoms with Crippen LogP contribution in [0.1, 0.15) is 43.4 Å². The van der Waals surface area contributed by atoms with Crippen LogP contribution in [-0.4, -0.2) is 43.9 Å². The van der Waals surface area contributed by atoms with Crippen LogP contribution in [0.3, 0.4) is 0 Å². The maximum atomic E-state index is 13.7. The second-order valence-corrected chi connectivity index (χ2v) is 8.21. The summed E-state index contributed by atoms with van der Waals surface area (Å²) in [5.41, 5.74) is 4.08. The van der Waals surface area contributed by atoms with E-state index in [2.05, 4.69) is 35.7 Å². The topological polar surface area (TPSA) is 56.0 Å². The molecule has 34 heavy (non-hydrogen) atoms. The Morgan fingerprint density at radius 1 is 0.941 bits per heavy atom. The Hall–Kier alpha value is -3.69. The molecular weight excluding hydrogens is 422 g/mol. The molecular formula is C28H31N5O. The van der Waals surface area contributed by atoms with Crippen LogP contribution in [0.2, 0.25) is 0 Å². The number of hydrogen-bond acceptors (Lipinski definition) is 4. The van der Waals surface area contributed by atoms with Gasteiger partial charge in [-0.15, -0.1) is 0 Å². The average Bonchev–Trinajstić information content (AvgIpc) is 3.22. The molecule has 4 aromatic rings. The molecule has 0 unspecified atom stereocenters. The van der Waals surface area contributed by atoms with E-state index in [9.17, 15) is 4.79 Å². The molecule has 4 rings (SSSR count). The highest BCUT2D eigenvalue weighted by molar-refractivity contribution is 5.84. The summed E-state index contributed by atoms with van der Waals surface area (Å²) in [6.45, 7) is 9.36. The summed E-state index contributed by atoms with van der Waals surface area (Å²) >= 11 is 0. The van der Waals surface area contributed by atoms with Gasteiger partial charge in [0, 0.05) is 32.0 Å². The summed E-state index contributed by atoms with van der Waals surface area (Å²) in [5.74, 6) is 7.29. The fourth-order valence-electron chi connectivity index (χ4n) is 4.26. The second-order valence-electron chi connectivity index (χ2n) is 8.21. The largest absolute Gasteiger partial charge is 0.303 e. The average molecular weight is 454 g/mol. The van der Waals surface area contributed by atoms with E-state index in [-0.39, 0.29) is 5.56 Å². The van der Waals surface area contributed by atoms with E-state index >= 15 is 0 Å². The minimum absolute atomic E-state index is 0.0918. The maximum absolute atomic E-state index is 13.7. The van der Waals surface area contributed by atoms with Crippen molar-refractivity contribution in [2.45, 2.75) is 33.6 Å². The van der Waals surface area contributed by atoms with E-state index in [0.717, 1.165) is 48.8 Å². The van der Waals surface area contributed by atoms with Crippen LogP contribution in [0.4, 0.5) is 0 Å². The summed E-state index contributed by atoms with van der Waals surface area (Å²) in [6.07, 6.45) is 3.34. The Kier molecular flexibility index (Phi) is 7.24. The molecule has 6 heteroatoms. The first kappa shape index (κ1) is 23.5. The highest BCUT2D eigenvalue weighted by Gasteiger charge is 2.14. The third-order valence-electron chi connectivity index (χ3n) is 6.25. The lowest BCUT2D eigenvalue weighted by molar-refractivity contribution is 0.305. The molecule has 0 atom stereocenters. The molecule has 174 valence electrons. The van der Waals surface area contributed by atoms with Gasteiger partial charge in [0.2, 0.25) is 0 Å². The fourth-order valence-corrected chi connectivity index (χ4v) is 4.26. The van der Waals surface area contributed by atoms with Gasteiger partial charge in [0.05, 0.1) is 34.0 Å². The smallest absolute Gasteiger partial charge is 0.267 e. The van der Waals surface area contributed by atoms with E-state index in [4.69, 9.17) is 4.98 Å². The van der Waals surface area contributed by atoms with Crippen molar-refractivity contribution in [2.75, 3.05) is 19.6 Å². The van der Waals surface area contributed by atoms with Crippen molar-refractivity contribution in [1.29, 1.82) is 0 Å². The van der Waals surface area contributed by atoms with Gasteiger partial charge in [-0.3, -0.25) is 14.0 Å². The Balaban J connectivity index is 1.80. The zero-order chi connectivity index (χ0) is 24.1. The van der Waals surface area contributed by atoms with Gasteiger partial charge in [0.1, 0.15) is 5.82 Å². The third kappa shape index (κ3) is 4.66. The summed E-state index contributed by atoms with van der Waals surface area (Å²) in [4.78, 5) is 20.9. The number of nitrogens with zero attached hydrogens (tertiary/aromatic N) is 5. The number of aryl methyl sites for hydroxylation is 2. The second kappa shape index (κ2) is 10.5. The lowest BCUT2D eigenvalue weighted by atomic mass is 10.1. The number of benzene rings is 2. The van der Waals surface area contributed by atoms with Crippen molar-refractivity contribution in [1.82, 2.24) is 24.2 Å². The van der Waals surface area contributed by atoms with E-state index in [1.54, 1.807) is 4.57 Å². The van der Waals surface area contributed by atoms with Crippen molar-refractivity contribution in [3.63, 3.8) is 0 Å². The van der Waals surface area contributed by atoms with Gasteiger partial charge in [-0.05, 0) is 37.4 Å². The third-order valence-corrected chi connectivity index (χ3v) is 6.25. The molecule has 2 aromatic carbocycles. The first-order valence-electron chi connectivity index (χ1n) is 11.9. The molecule has 6 nitrogen and oxygen atoms in total. The molecule has 0 fully saturated rings. The number of aromatic nitrogens is 4. The zero-order valence-electron chi connectivity index (χ0n) is 20.4. The lowest BCUT2D eigenvalue weighted by Crippen LogP contribution is -2.26. The van der Waals surface area contributed by atoms with Crippen molar-refractivity contribution in [3.05, 3.63) is 87.7 Å². The molecule has 0 aliphatic rings. The van der Waals surface area contributed by atoms with Gasteiger partial charge in [0.15, 0.2) is 0 Å². The van der Waals surface area contributed by atoms with Gasteiger partial charge in [-0.25, -0.2) is 4.98 Å².